The van der Waals surface area contributed by atoms with Gasteiger partial charge in [-0.3, -0.25) is 5.43 Å². The van der Waals surface area contributed by atoms with Crippen LogP contribution in [0.1, 0.15) is 27.2 Å². The van der Waals surface area contributed by atoms with E-state index in [4.69, 9.17) is 0 Å². The van der Waals surface area contributed by atoms with Crippen LogP contribution < -0.4 is 5.43 Å². The molecule has 2 nitrogen and oxygen atoms in total. The number of hydrogen-bond acceptors (Lipinski definition) is 2. The summed E-state index contributed by atoms with van der Waals surface area (Å²) in [5.41, 5.74) is 4.53. The van der Waals surface area contributed by atoms with Crippen LogP contribution in [-0.4, -0.2) is 6.21 Å². The first-order chi connectivity index (χ1) is 4.61. The number of rotatable bonds is 0. The van der Waals surface area contributed by atoms with Gasteiger partial charge in [-0.15, -0.1) is 0 Å². The molecule has 0 bridgehead atoms. The maximum Gasteiger partial charge on any atom is 0.0288 e. The van der Waals surface area contributed by atoms with Gasteiger partial charge in [0.1, 0.15) is 0 Å². The van der Waals surface area contributed by atoms with Gasteiger partial charge in [0.05, 0.1) is 0 Å². The minimum Gasteiger partial charge on any atom is -0.286 e. The van der Waals surface area contributed by atoms with Gasteiger partial charge in [-0.05, 0) is 11.0 Å². The standard InChI is InChI=1S/C8H14N2/c1-8(2,3)7-4-5-9-10-6-7/h5-6,10H,4H2,1-3H3. The molecule has 0 aromatic heterocycles. The van der Waals surface area contributed by atoms with Crippen molar-refractivity contribution in [3.63, 3.8) is 0 Å². The lowest BCUT2D eigenvalue weighted by Gasteiger charge is -2.23. The van der Waals surface area contributed by atoms with E-state index in [9.17, 15) is 0 Å². The predicted molar refractivity (Wildman–Crippen MR) is 43.8 cm³/mol. The lowest BCUT2D eigenvalue weighted by Crippen LogP contribution is -2.15. The molecule has 1 aliphatic heterocycles. The number of hydrogen-bond donors (Lipinski definition) is 1. The van der Waals surface area contributed by atoms with Crippen LogP contribution in [0.2, 0.25) is 0 Å². The van der Waals surface area contributed by atoms with Crippen LogP contribution in [0.25, 0.3) is 0 Å². The third-order valence-electron chi connectivity index (χ3n) is 1.68. The second kappa shape index (κ2) is 2.45. The van der Waals surface area contributed by atoms with Crippen molar-refractivity contribution in [3.05, 3.63) is 11.8 Å². The van der Waals surface area contributed by atoms with E-state index < -0.39 is 0 Å². The van der Waals surface area contributed by atoms with Crippen molar-refractivity contribution >= 4 is 6.21 Å². The SMILES string of the molecule is CC(C)(C)C1=CNN=CC1. The monoisotopic (exact) mass is 138 g/mol. The van der Waals surface area contributed by atoms with E-state index in [0.29, 0.717) is 0 Å². The van der Waals surface area contributed by atoms with Gasteiger partial charge in [0, 0.05) is 18.8 Å². The van der Waals surface area contributed by atoms with Crippen LogP contribution in [0.4, 0.5) is 0 Å². The van der Waals surface area contributed by atoms with Gasteiger partial charge < -0.3 is 0 Å². The fourth-order valence-corrected chi connectivity index (χ4v) is 0.894. The second-order valence-corrected chi connectivity index (χ2v) is 3.56. The minimum atomic E-state index is 0.277. The lowest BCUT2D eigenvalue weighted by molar-refractivity contribution is 0.490. The summed E-state index contributed by atoms with van der Waals surface area (Å²) in [6.07, 6.45) is 4.87. The Balaban J connectivity index is 2.65. The van der Waals surface area contributed by atoms with Crippen molar-refractivity contribution in [1.29, 1.82) is 0 Å². The number of hydrazone groups is 1. The summed E-state index contributed by atoms with van der Waals surface area (Å²) in [7, 11) is 0. The van der Waals surface area contributed by atoms with Gasteiger partial charge in [0.25, 0.3) is 0 Å². The van der Waals surface area contributed by atoms with Gasteiger partial charge in [-0.1, -0.05) is 20.8 Å². The summed E-state index contributed by atoms with van der Waals surface area (Å²) in [5.74, 6) is 0. The third-order valence-corrected chi connectivity index (χ3v) is 1.68. The molecule has 1 heterocycles. The molecular formula is C8H14N2. The molecule has 0 saturated heterocycles. The Bertz CT molecular complexity index is 172. The van der Waals surface area contributed by atoms with E-state index in [1.54, 1.807) is 0 Å². The van der Waals surface area contributed by atoms with Gasteiger partial charge in [-0.2, -0.15) is 5.10 Å². The third kappa shape index (κ3) is 1.59. The average Bonchev–Trinajstić information content (AvgIpc) is 1.88. The first-order valence-corrected chi connectivity index (χ1v) is 3.57. The number of nitrogens with one attached hydrogen (secondary N) is 1. The molecule has 0 aliphatic carbocycles. The van der Waals surface area contributed by atoms with Crippen LogP contribution >= 0.6 is 0 Å². The van der Waals surface area contributed by atoms with E-state index in [0.717, 1.165) is 6.42 Å². The molecule has 0 amide bonds. The molecule has 56 valence electrons. The molecule has 0 aromatic carbocycles. The molecule has 0 fully saturated rings. The molecule has 0 spiro atoms. The highest BCUT2D eigenvalue weighted by Crippen LogP contribution is 2.27. The average molecular weight is 138 g/mol. The summed E-state index contributed by atoms with van der Waals surface area (Å²) in [6, 6.07) is 0. The van der Waals surface area contributed by atoms with Crippen molar-refractivity contribution in [1.82, 2.24) is 5.43 Å². The van der Waals surface area contributed by atoms with Crippen LogP contribution in [0.3, 0.4) is 0 Å². The van der Waals surface area contributed by atoms with Gasteiger partial charge in [-0.25, -0.2) is 0 Å². The molecular weight excluding hydrogens is 124 g/mol. The molecule has 2 heteroatoms. The van der Waals surface area contributed by atoms with Crippen LogP contribution in [0.15, 0.2) is 16.9 Å². The second-order valence-electron chi connectivity index (χ2n) is 3.56. The zero-order valence-corrected chi connectivity index (χ0v) is 6.81. The molecule has 0 unspecified atom stereocenters. The molecule has 1 N–H and O–H groups in total. The van der Waals surface area contributed by atoms with E-state index in [1.165, 1.54) is 5.57 Å². The first kappa shape index (κ1) is 7.32. The fraction of sp³-hybridized carbons (Fsp3) is 0.625. The van der Waals surface area contributed by atoms with Crippen molar-refractivity contribution in [2.75, 3.05) is 0 Å². The predicted octanol–water partition coefficient (Wildman–Crippen LogP) is 1.90. The van der Waals surface area contributed by atoms with Crippen molar-refractivity contribution in [3.8, 4) is 0 Å². The Labute approximate surface area is 62.0 Å². The topological polar surface area (TPSA) is 24.4 Å². The van der Waals surface area contributed by atoms with Crippen molar-refractivity contribution < 1.29 is 0 Å². The smallest absolute Gasteiger partial charge is 0.0288 e. The normalized spacial score (nSPS) is 18.1. The molecule has 10 heavy (non-hydrogen) atoms. The lowest BCUT2D eigenvalue weighted by atomic mass is 9.85. The van der Waals surface area contributed by atoms with Crippen molar-refractivity contribution in [2.45, 2.75) is 27.2 Å². The van der Waals surface area contributed by atoms with Crippen LogP contribution in [0, 0.1) is 5.41 Å². The maximum absolute atomic E-state index is 3.89. The van der Waals surface area contributed by atoms with Crippen LogP contribution in [-0.2, 0) is 0 Å². The highest BCUT2D eigenvalue weighted by atomic mass is 15.3. The molecule has 1 rings (SSSR count). The fourth-order valence-electron chi connectivity index (χ4n) is 0.894. The Morgan fingerprint density at radius 3 is 2.50 bits per heavy atom. The zero-order chi connectivity index (χ0) is 7.61. The Hall–Kier alpha value is -0.790. The van der Waals surface area contributed by atoms with Gasteiger partial charge in [0.15, 0.2) is 0 Å². The summed E-state index contributed by atoms with van der Waals surface area (Å²) in [4.78, 5) is 0. The number of nitrogens with zero attached hydrogens (tertiary/aromatic N) is 1. The molecule has 1 aliphatic rings. The largest absolute Gasteiger partial charge is 0.286 e. The molecule has 0 saturated carbocycles. The zero-order valence-electron chi connectivity index (χ0n) is 6.81. The first-order valence-electron chi connectivity index (χ1n) is 3.57. The maximum atomic E-state index is 3.89. The molecule has 0 radical (unpaired) electrons. The summed E-state index contributed by atoms with van der Waals surface area (Å²) < 4.78 is 0. The Morgan fingerprint density at radius 1 is 1.50 bits per heavy atom. The summed E-state index contributed by atoms with van der Waals surface area (Å²) >= 11 is 0. The number of allylic oxidation sites excluding steroid dienone is 1. The van der Waals surface area contributed by atoms with Crippen molar-refractivity contribution in [2.24, 2.45) is 10.5 Å². The van der Waals surface area contributed by atoms with E-state index >= 15 is 0 Å². The van der Waals surface area contributed by atoms with Crippen LogP contribution in [0.5, 0.6) is 0 Å². The molecule has 0 aromatic rings. The Morgan fingerprint density at radius 2 is 2.20 bits per heavy atom. The van der Waals surface area contributed by atoms with E-state index in [1.807, 2.05) is 12.4 Å². The highest BCUT2D eigenvalue weighted by Gasteiger charge is 2.16. The van der Waals surface area contributed by atoms with E-state index in [-0.39, 0.29) is 5.41 Å². The summed E-state index contributed by atoms with van der Waals surface area (Å²) in [6.45, 7) is 6.62. The minimum absolute atomic E-state index is 0.277. The molecule has 0 atom stereocenters. The Kier molecular flexibility index (Phi) is 1.79. The summed E-state index contributed by atoms with van der Waals surface area (Å²) in [5, 5.41) is 3.89. The van der Waals surface area contributed by atoms with E-state index in [2.05, 4.69) is 31.3 Å². The highest BCUT2D eigenvalue weighted by molar-refractivity contribution is 5.62. The van der Waals surface area contributed by atoms with Gasteiger partial charge in [0.2, 0.25) is 0 Å². The van der Waals surface area contributed by atoms with Gasteiger partial charge >= 0.3 is 0 Å². The quantitative estimate of drug-likeness (QED) is 0.543.